The third kappa shape index (κ3) is 188. The minimum Gasteiger partial charge on any atom is -0.103 e. The van der Waals surface area contributed by atoms with Gasteiger partial charge >= 0.3 is 0 Å². The Morgan fingerprint density at radius 2 is 1.20 bits per heavy atom. The lowest BCUT2D eigenvalue weighted by Crippen LogP contribution is -1.36. The van der Waals surface area contributed by atoms with Crippen LogP contribution in [0.2, 0.25) is 0 Å². The summed E-state index contributed by atoms with van der Waals surface area (Å²) in [6.45, 7) is 16.3. The second kappa shape index (κ2) is 41.3. The molecule has 0 N–H and O–H groups in total. The summed E-state index contributed by atoms with van der Waals surface area (Å²) < 4.78 is 0. The molecule has 0 aromatic rings. The first-order chi connectivity index (χ1) is 4.83. The van der Waals surface area contributed by atoms with Gasteiger partial charge in [0.1, 0.15) is 0 Å². The van der Waals surface area contributed by atoms with Gasteiger partial charge in [-0.15, -0.1) is 6.58 Å². The van der Waals surface area contributed by atoms with Gasteiger partial charge in [-0.1, -0.05) is 52.2 Å². The minimum absolute atomic E-state index is 1.08. The third-order valence-electron chi connectivity index (χ3n) is 0.455. The van der Waals surface area contributed by atoms with E-state index in [1.54, 1.807) is 12.2 Å². The van der Waals surface area contributed by atoms with E-state index in [9.17, 15) is 0 Å². The van der Waals surface area contributed by atoms with Crippen molar-refractivity contribution < 1.29 is 0 Å². The summed E-state index contributed by atoms with van der Waals surface area (Å²) in [5, 5.41) is 0. The predicted octanol–water partition coefficient (Wildman–Crippen LogP) is 3.97. The molecule has 0 aliphatic rings. The molecule has 60 valence electrons. The molecule has 0 atom stereocenters. The highest BCUT2D eigenvalue weighted by Crippen LogP contribution is 1.66. The molecule has 0 aliphatic heterocycles. The second-order valence-electron chi connectivity index (χ2n) is 1.17. The highest BCUT2D eigenvalue weighted by molar-refractivity contribution is 4.88. The molecule has 0 aromatic heterocycles. The van der Waals surface area contributed by atoms with Crippen molar-refractivity contribution in [2.45, 2.75) is 27.2 Å². The molecule has 0 heterocycles. The second-order valence-corrected chi connectivity index (χ2v) is 1.17. The van der Waals surface area contributed by atoms with Crippen LogP contribution in [0.3, 0.4) is 0 Å². The fourth-order valence-corrected chi connectivity index (χ4v) is 0. The topological polar surface area (TPSA) is 0 Å². The molecule has 0 bridgehead atoms. The number of rotatable bonds is 2. The van der Waals surface area contributed by atoms with Crippen molar-refractivity contribution in [1.82, 2.24) is 0 Å². The molecule has 0 amide bonds. The lowest BCUT2D eigenvalue weighted by Gasteiger charge is -1.57. The van der Waals surface area contributed by atoms with Gasteiger partial charge < -0.3 is 0 Å². The van der Waals surface area contributed by atoms with Crippen molar-refractivity contribution >= 4 is 0 Å². The molecule has 0 heteroatoms. The fraction of sp³-hybridized carbons (Fsp3) is 0.400. The fourth-order valence-electron chi connectivity index (χ4n) is 0. The van der Waals surface area contributed by atoms with Gasteiger partial charge in [0, 0.05) is 0 Å². The maximum atomic E-state index is 3.48. The highest BCUT2D eigenvalue weighted by Gasteiger charge is 1.45. The zero-order chi connectivity index (χ0) is 8.83. The van der Waals surface area contributed by atoms with Gasteiger partial charge in [-0.25, -0.2) is 0 Å². The Morgan fingerprint density at radius 3 is 1.20 bits per heavy atom. The third-order valence-corrected chi connectivity index (χ3v) is 0.455. The molecule has 0 fully saturated rings. The van der Waals surface area contributed by atoms with Crippen molar-refractivity contribution in [1.29, 1.82) is 0 Å². The predicted molar refractivity (Wildman–Crippen MR) is 52.2 cm³/mol. The Bertz CT molecular complexity index is 54.4. The van der Waals surface area contributed by atoms with Gasteiger partial charge in [-0.2, -0.15) is 0 Å². The van der Waals surface area contributed by atoms with Gasteiger partial charge in [-0.05, 0) is 6.42 Å². The zero-order valence-corrected chi connectivity index (χ0v) is 7.56. The van der Waals surface area contributed by atoms with E-state index in [4.69, 9.17) is 0 Å². The number of hydrogen-bond donors (Lipinski definition) is 0. The van der Waals surface area contributed by atoms with E-state index >= 15 is 0 Å². The Hall–Kier alpha value is -0.780. The van der Waals surface area contributed by atoms with E-state index in [1.165, 1.54) is 0 Å². The summed E-state index contributed by atoms with van der Waals surface area (Å²) >= 11 is 0. The molecule has 0 unspecified atom stereocenters. The Balaban J connectivity index is -0.0000000787. The van der Waals surface area contributed by atoms with Gasteiger partial charge in [0.2, 0.25) is 0 Å². The first-order valence-electron chi connectivity index (χ1n) is 3.67. The van der Waals surface area contributed by atoms with E-state index in [1.807, 2.05) is 19.9 Å². The average molecular weight is 140 g/mol. The molecule has 0 saturated carbocycles. The van der Waals surface area contributed by atoms with Crippen LogP contribution < -0.4 is 0 Å². The maximum absolute atomic E-state index is 3.48. The Morgan fingerprint density at radius 1 is 1.00 bits per heavy atom. The van der Waals surface area contributed by atoms with Crippen LogP contribution in [0.25, 0.3) is 0 Å². The van der Waals surface area contributed by atoms with E-state index in [0.29, 0.717) is 0 Å². The van der Waals surface area contributed by atoms with Crippen LogP contribution in [0.1, 0.15) is 27.2 Å². The van der Waals surface area contributed by atoms with Crippen LogP contribution in [0.15, 0.2) is 38.0 Å². The van der Waals surface area contributed by atoms with E-state index < -0.39 is 0 Å². The van der Waals surface area contributed by atoms with Crippen molar-refractivity contribution in [2.24, 2.45) is 0 Å². The number of hydrogen-bond acceptors (Lipinski definition) is 0. The Labute approximate surface area is 66.0 Å². The van der Waals surface area contributed by atoms with Crippen LogP contribution in [0.5, 0.6) is 0 Å². The first kappa shape index (κ1) is 16.1. The maximum Gasteiger partial charge on any atom is -0.0382 e. The molecule has 0 nitrogen and oxygen atoms in total. The van der Waals surface area contributed by atoms with Crippen LogP contribution in [0, 0.1) is 0 Å². The first-order valence-corrected chi connectivity index (χ1v) is 3.67. The van der Waals surface area contributed by atoms with Gasteiger partial charge in [0.15, 0.2) is 0 Å². The SMILES string of the molecule is C=CC=C.C=CCC.CC. The molecule has 10 heavy (non-hydrogen) atoms. The standard InChI is InChI=1S/C4H8.C4H6.C2H6/c2*1-3-4-2;1-2/h3H,1,4H2,2H3;3-4H,1-2H2;1-2H3. The molecule has 0 saturated heterocycles. The Kier molecular flexibility index (Phi) is 66.5. The van der Waals surface area contributed by atoms with Crippen LogP contribution in [-0.2, 0) is 0 Å². The van der Waals surface area contributed by atoms with E-state index in [2.05, 4.69) is 26.7 Å². The average Bonchev–Trinajstić information content (AvgIpc) is 2.08. The van der Waals surface area contributed by atoms with Crippen molar-refractivity contribution in [3.05, 3.63) is 38.0 Å². The molecular weight excluding hydrogens is 120 g/mol. The van der Waals surface area contributed by atoms with Crippen LogP contribution >= 0.6 is 0 Å². The van der Waals surface area contributed by atoms with E-state index in [0.717, 1.165) is 6.42 Å². The molecular formula is C10H20. The summed E-state index contributed by atoms with van der Waals surface area (Å²) in [7, 11) is 0. The van der Waals surface area contributed by atoms with Crippen molar-refractivity contribution in [2.75, 3.05) is 0 Å². The summed E-state index contributed by atoms with van der Waals surface area (Å²) in [6.07, 6.45) is 6.24. The summed E-state index contributed by atoms with van der Waals surface area (Å²) in [6, 6.07) is 0. The summed E-state index contributed by atoms with van der Waals surface area (Å²) in [5.41, 5.74) is 0. The quantitative estimate of drug-likeness (QED) is 0.402. The van der Waals surface area contributed by atoms with Crippen LogP contribution in [-0.4, -0.2) is 0 Å². The summed E-state index contributed by atoms with van der Waals surface area (Å²) in [4.78, 5) is 0. The molecule has 0 aliphatic carbocycles. The molecule has 0 aromatic carbocycles. The highest BCUT2D eigenvalue weighted by atomic mass is 13.5. The van der Waals surface area contributed by atoms with Crippen molar-refractivity contribution in [3.63, 3.8) is 0 Å². The molecule has 0 rings (SSSR count). The summed E-state index contributed by atoms with van der Waals surface area (Å²) in [5.74, 6) is 0. The minimum atomic E-state index is 1.08. The smallest absolute Gasteiger partial charge is 0.0382 e. The van der Waals surface area contributed by atoms with Crippen molar-refractivity contribution in [3.8, 4) is 0 Å². The van der Waals surface area contributed by atoms with Gasteiger partial charge in [0.05, 0.1) is 0 Å². The molecule has 0 radical (unpaired) electrons. The largest absolute Gasteiger partial charge is 0.103 e. The normalized spacial score (nSPS) is 5.10. The number of allylic oxidation sites excluding steroid dienone is 3. The van der Waals surface area contributed by atoms with Gasteiger partial charge in [0.25, 0.3) is 0 Å². The van der Waals surface area contributed by atoms with Crippen LogP contribution in [0.4, 0.5) is 0 Å². The monoisotopic (exact) mass is 140 g/mol. The molecule has 0 spiro atoms. The lowest BCUT2D eigenvalue weighted by atomic mass is 10.5. The van der Waals surface area contributed by atoms with Gasteiger partial charge in [-0.3, -0.25) is 0 Å². The van der Waals surface area contributed by atoms with E-state index in [-0.39, 0.29) is 0 Å². The lowest BCUT2D eigenvalue weighted by molar-refractivity contribution is 1.23. The zero-order valence-electron chi connectivity index (χ0n) is 7.56.